The van der Waals surface area contributed by atoms with Gasteiger partial charge in [-0.15, -0.1) is 0 Å². The van der Waals surface area contributed by atoms with E-state index in [1.807, 2.05) is 6.07 Å². The standard InChI is InChI=1S/C12H7BrFNO2S/c13-9-2-1-5-15-11(9)18-7-3-4-10(14)8(6-7)12(16)17/h1-6H,(H,16,17). The number of nitrogens with zero attached hydrogens (tertiary/aromatic N) is 1. The molecule has 1 N–H and O–H groups in total. The molecule has 0 spiro atoms. The summed E-state index contributed by atoms with van der Waals surface area (Å²) in [4.78, 5) is 15.6. The Kier molecular flexibility index (Phi) is 3.98. The first kappa shape index (κ1) is 13.0. The molecule has 0 saturated heterocycles. The predicted octanol–water partition coefficient (Wildman–Crippen LogP) is 3.83. The van der Waals surface area contributed by atoms with Gasteiger partial charge < -0.3 is 5.11 Å². The largest absolute Gasteiger partial charge is 0.478 e. The Balaban J connectivity index is 2.33. The van der Waals surface area contributed by atoms with E-state index >= 15 is 0 Å². The number of rotatable bonds is 3. The van der Waals surface area contributed by atoms with E-state index in [0.29, 0.717) is 9.92 Å². The summed E-state index contributed by atoms with van der Waals surface area (Å²) in [5.74, 6) is -2.03. The van der Waals surface area contributed by atoms with E-state index in [-0.39, 0.29) is 5.56 Å². The molecule has 6 heteroatoms. The van der Waals surface area contributed by atoms with Crippen molar-refractivity contribution in [2.45, 2.75) is 9.92 Å². The van der Waals surface area contributed by atoms with Crippen LogP contribution in [0.5, 0.6) is 0 Å². The van der Waals surface area contributed by atoms with Gasteiger partial charge in [-0.2, -0.15) is 0 Å². The lowest BCUT2D eigenvalue weighted by Gasteiger charge is -2.04. The molecule has 92 valence electrons. The first-order valence-corrected chi connectivity index (χ1v) is 6.50. The Morgan fingerprint density at radius 1 is 1.39 bits per heavy atom. The van der Waals surface area contributed by atoms with Crippen LogP contribution in [0.2, 0.25) is 0 Å². The van der Waals surface area contributed by atoms with Crippen LogP contribution in [0.1, 0.15) is 10.4 Å². The second-order valence-corrected chi connectivity index (χ2v) is 5.26. The highest BCUT2D eigenvalue weighted by molar-refractivity contribution is 9.10. The SMILES string of the molecule is O=C(O)c1cc(Sc2ncccc2Br)ccc1F. The lowest BCUT2D eigenvalue weighted by atomic mass is 10.2. The number of aromatic carboxylic acids is 1. The molecule has 18 heavy (non-hydrogen) atoms. The maximum atomic E-state index is 13.2. The van der Waals surface area contributed by atoms with Gasteiger partial charge in [0, 0.05) is 11.1 Å². The van der Waals surface area contributed by atoms with E-state index in [9.17, 15) is 9.18 Å². The predicted molar refractivity (Wildman–Crippen MR) is 69.4 cm³/mol. The van der Waals surface area contributed by atoms with Crippen LogP contribution in [0.15, 0.2) is 50.9 Å². The highest BCUT2D eigenvalue weighted by atomic mass is 79.9. The van der Waals surface area contributed by atoms with Crippen molar-refractivity contribution < 1.29 is 14.3 Å². The van der Waals surface area contributed by atoms with Crippen molar-refractivity contribution in [3.05, 3.63) is 52.4 Å². The monoisotopic (exact) mass is 327 g/mol. The maximum Gasteiger partial charge on any atom is 0.338 e. The van der Waals surface area contributed by atoms with Gasteiger partial charge in [-0.05, 0) is 46.3 Å². The normalized spacial score (nSPS) is 10.3. The fraction of sp³-hybridized carbons (Fsp3) is 0. The van der Waals surface area contributed by atoms with Crippen molar-refractivity contribution in [3.8, 4) is 0 Å². The molecule has 0 unspecified atom stereocenters. The molecule has 2 rings (SSSR count). The quantitative estimate of drug-likeness (QED) is 0.930. The number of hydrogen-bond acceptors (Lipinski definition) is 3. The van der Waals surface area contributed by atoms with E-state index < -0.39 is 11.8 Å². The van der Waals surface area contributed by atoms with E-state index in [1.165, 1.54) is 23.9 Å². The van der Waals surface area contributed by atoms with Crippen molar-refractivity contribution in [1.82, 2.24) is 4.98 Å². The summed E-state index contributed by atoms with van der Waals surface area (Å²) in [6.45, 7) is 0. The molecule has 0 saturated carbocycles. The van der Waals surface area contributed by atoms with E-state index in [0.717, 1.165) is 10.5 Å². The minimum atomic E-state index is -1.28. The summed E-state index contributed by atoms with van der Waals surface area (Å²) in [5.41, 5.74) is -0.341. The molecule has 0 fully saturated rings. The van der Waals surface area contributed by atoms with Gasteiger partial charge >= 0.3 is 5.97 Å². The number of halogens is 2. The van der Waals surface area contributed by atoms with E-state index in [1.54, 1.807) is 12.3 Å². The number of aromatic nitrogens is 1. The Morgan fingerprint density at radius 3 is 2.83 bits per heavy atom. The van der Waals surface area contributed by atoms with Crippen LogP contribution in [-0.2, 0) is 0 Å². The third-order valence-electron chi connectivity index (χ3n) is 2.11. The number of carbonyl (C=O) groups is 1. The van der Waals surface area contributed by atoms with Crippen LogP contribution in [0.25, 0.3) is 0 Å². The third-order valence-corrected chi connectivity index (χ3v) is 4.02. The van der Waals surface area contributed by atoms with Crippen molar-refractivity contribution >= 4 is 33.7 Å². The van der Waals surface area contributed by atoms with Crippen LogP contribution >= 0.6 is 27.7 Å². The molecule has 1 aromatic carbocycles. The molecule has 0 bridgehead atoms. The fourth-order valence-corrected chi connectivity index (χ4v) is 2.60. The Morgan fingerprint density at radius 2 is 2.17 bits per heavy atom. The molecular weight excluding hydrogens is 321 g/mol. The highest BCUT2D eigenvalue weighted by Crippen LogP contribution is 2.32. The molecule has 0 radical (unpaired) electrons. The Labute approximate surface area is 115 Å². The second-order valence-electron chi connectivity index (χ2n) is 3.34. The molecule has 2 aromatic rings. The average Bonchev–Trinajstić information content (AvgIpc) is 2.34. The smallest absolute Gasteiger partial charge is 0.338 e. The van der Waals surface area contributed by atoms with Gasteiger partial charge in [-0.25, -0.2) is 14.2 Å². The maximum absolute atomic E-state index is 13.2. The second kappa shape index (κ2) is 5.49. The number of benzene rings is 1. The van der Waals surface area contributed by atoms with Gasteiger partial charge in [0.1, 0.15) is 10.8 Å². The van der Waals surface area contributed by atoms with Crippen molar-refractivity contribution in [2.75, 3.05) is 0 Å². The first-order valence-electron chi connectivity index (χ1n) is 4.89. The lowest BCUT2D eigenvalue weighted by Crippen LogP contribution is -2.00. The summed E-state index contributed by atoms with van der Waals surface area (Å²) in [7, 11) is 0. The first-order chi connectivity index (χ1) is 8.58. The van der Waals surface area contributed by atoms with Crippen molar-refractivity contribution in [2.24, 2.45) is 0 Å². The van der Waals surface area contributed by atoms with Crippen LogP contribution in [-0.4, -0.2) is 16.1 Å². The summed E-state index contributed by atoms with van der Waals surface area (Å²) >= 11 is 4.61. The van der Waals surface area contributed by atoms with Crippen molar-refractivity contribution in [3.63, 3.8) is 0 Å². The molecule has 0 aliphatic rings. The minimum Gasteiger partial charge on any atom is -0.478 e. The lowest BCUT2D eigenvalue weighted by molar-refractivity contribution is 0.0691. The molecule has 1 heterocycles. The van der Waals surface area contributed by atoms with Gasteiger partial charge in [0.15, 0.2) is 0 Å². The van der Waals surface area contributed by atoms with E-state index in [2.05, 4.69) is 20.9 Å². The van der Waals surface area contributed by atoms with Gasteiger partial charge in [-0.1, -0.05) is 11.8 Å². The molecule has 0 atom stereocenters. The summed E-state index contributed by atoms with van der Waals surface area (Å²) in [5, 5.41) is 9.53. The zero-order valence-corrected chi connectivity index (χ0v) is 11.3. The van der Waals surface area contributed by atoms with Crippen LogP contribution < -0.4 is 0 Å². The molecule has 0 amide bonds. The summed E-state index contributed by atoms with van der Waals surface area (Å²) in [6, 6.07) is 7.57. The van der Waals surface area contributed by atoms with Gasteiger partial charge in [0.25, 0.3) is 0 Å². The molecule has 1 aromatic heterocycles. The highest BCUT2D eigenvalue weighted by Gasteiger charge is 2.12. The number of pyridine rings is 1. The van der Waals surface area contributed by atoms with Gasteiger partial charge in [0.2, 0.25) is 0 Å². The van der Waals surface area contributed by atoms with E-state index in [4.69, 9.17) is 5.11 Å². The minimum absolute atomic E-state index is 0.341. The van der Waals surface area contributed by atoms with Crippen LogP contribution in [0, 0.1) is 5.82 Å². The molecule has 0 aliphatic carbocycles. The molecular formula is C12H7BrFNO2S. The van der Waals surface area contributed by atoms with Crippen LogP contribution in [0.4, 0.5) is 4.39 Å². The molecule has 3 nitrogen and oxygen atoms in total. The number of carboxylic acids is 1. The topological polar surface area (TPSA) is 50.2 Å². The van der Waals surface area contributed by atoms with Gasteiger partial charge in [-0.3, -0.25) is 0 Å². The summed E-state index contributed by atoms with van der Waals surface area (Å²) in [6.07, 6.45) is 1.63. The number of hydrogen-bond donors (Lipinski definition) is 1. The van der Waals surface area contributed by atoms with Crippen LogP contribution in [0.3, 0.4) is 0 Å². The zero-order valence-electron chi connectivity index (χ0n) is 8.93. The fourth-order valence-electron chi connectivity index (χ4n) is 1.29. The van der Waals surface area contributed by atoms with Crippen molar-refractivity contribution in [1.29, 1.82) is 0 Å². The Hall–Kier alpha value is -1.40. The Bertz CT molecular complexity index is 606. The average molecular weight is 328 g/mol. The summed E-state index contributed by atoms with van der Waals surface area (Å²) < 4.78 is 14.0. The molecule has 0 aliphatic heterocycles. The number of carboxylic acid groups (broad SMARTS) is 1. The zero-order chi connectivity index (χ0) is 13.1. The van der Waals surface area contributed by atoms with Gasteiger partial charge in [0.05, 0.1) is 10.0 Å². The third kappa shape index (κ3) is 2.88.